The molecule has 83 heavy (non-hydrogen) atoms. The van der Waals surface area contributed by atoms with E-state index in [1.807, 2.05) is 121 Å². The summed E-state index contributed by atoms with van der Waals surface area (Å²) in [6.45, 7) is 0. The minimum absolute atomic E-state index is 0.0283. The number of nitrogens with zero attached hydrogens (tertiary/aromatic N) is 2. The van der Waals surface area contributed by atoms with Gasteiger partial charge in [-0.15, -0.1) is 0 Å². The van der Waals surface area contributed by atoms with Crippen molar-refractivity contribution in [2.75, 3.05) is 9.80 Å². The number of para-hydroxylation sites is 2. The fraction of sp³-hybridized carbons (Fsp3) is 0.0370. The standard InChI is InChI=1S/C81H56N2/c1-7-25-54(26-8-1)60-45-47-73-71(50-60)78-72-51-61(55-27-9-2-10-28-55)46-48-74(72)83(81-69(58-33-15-5-16-34-58)43-24-44-70(81)59-35-17-6-18-36-59)76-53-64(77-65-39-21-19-37-62(65)49-63-38-20-22-40-66(63)77)52-75(79(76)78)82(73)80-67(56-29-11-3-12-30-56)41-23-42-68(80)57-31-13-4-14-32-57/h1-48,50-53,77-78H,49H2/i3D,4D,5D,6D,11D,12D,13D,14D,15D,16D,17D,18D,23D,24D,29D,30D,31D,32D,33D,34D,35D,36D,41D,42D,43D,44D. The Kier molecular flexibility index (Phi) is 7.00. The summed E-state index contributed by atoms with van der Waals surface area (Å²) in [5.74, 6) is -2.00. The fourth-order valence-corrected chi connectivity index (χ4v) is 12.5. The fourth-order valence-electron chi connectivity index (χ4n) is 12.5. The SMILES string of the molecule is [2H]c1c([2H])c([2H])c(-c2c([2H])c([2H])c([2H])c(-c3c([2H])c([2H])c([2H])c([2H])c3[2H])c2N2c3ccc(-c4ccccc4)cc3C3c4cc(-c5ccccc5)ccc4N(c4c(-c5c([2H])c([2H])c([2H])c([2H])c5[2H])c([2H])c([2H])c([2H])c4-c4c([2H])c([2H])c([2H])c([2H])c4[2H])c4cc(C5c6ccccc6Cc6ccccc65)cc2c43)c([2H])c1[2H]. The molecule has 1 aliphatic carbocycles. The van der Waals surface area contributed by atoms with Gasteiger partial charge in [0, 0.05) is 39.7 Å². The Bertz CT molecular complexity index is 5530. The van der Waals surface area contributed by atoms with Gasteiger partial charge >= 0.3 is 0 Å². The van der Waals surface area contributed by atoms with E-state index in [1.165, 1.54) is 9.80 Å². The minimum atomic E-state index is -1.15. The van der Waals surface area contributed by atoms with Crippen LogP contribution in [0.3, 0.4) is 0 Å². The van der Waals surface area contributed by atoms with Crippen molar-refractivity contribution in [1.29, 1.82) is 0 Å². The van der Waals surface area contributed by atoms with Crippen LogP contribution in [0.25, 0.3) is 66.8 Å². The Hall–Kier alpha value is -10.5. The summed E-state index contributed by atoms with van der Waals surface area (Å²) >= 11 is 0. The third-order valence-corrected chi connectivity index (χ3v) is 15.9. The highest BCUT2D eigenvalue weighted by Gasteiger charge is 2.44. The molecule has 0 saturated carbocycles. The second-order valence-corrected chi connectivity index (χ2v) is 20.3. The van der Waals surface area contributed by atoms with Crippen molar-refractivity contribution in [2.24, 2.45) is 0 Å². The Morgan fingerprint density at radius 1 is 0.277 bits per heavy atom. The molecule has 3 aliphatic rings. The molecule has 0 fully saturated rings. The van der Waals surface area contributed by atoms with Crippen molar-refractivity contribution in [1.82, 2.24) is 0 Å². The summed E-state index contributed by atoms with van der Waals surface area (Å²) in [4.78, 5) is 3.06. The topological polar surface area (TPSA) is 6.48 Å². The average Bonchev–Trinajstić information content (AvgIpc) is 0.681. The summed E-state index contributed by atoms with van der Waals surface area (Å²) in [5, 5.41) is 0. The molecule has 0 unspecified atom stereocenters. The minimum Gasteiger partial charge on any atom is -0.309 e. The van der Waals surface area contributed by atoms with Crippen LogP contribution in [0.5, 0.6) is 0 Å². The number of hydrogen-bond acceptors (Lipinski definition) is 2. The Balaban J connectivity index is 1.21. The second-order valence-electron chi connectivity index (χ2n) is 20.3. The van der Waals surface area contributed by atoms with E-state index in [-0.39, 0.29) is 28.3 Å². The van der Waals surface area contributed by atoms with Gasteiger partial charge in [0.15, 0.2) is 0 Å². The van der Waals surface area contributed by atoms with Crippen LogP contribution < -0.4 is 9.80 Å². The van der Waals surface area contributed by atoms with Crippen LogP contribution in [0.2, 0.25) is 0 Å². The lowest BCUT2D eigenvalue weighted by Gasteiger charge is -2.47. The van der Waals surface area contributed by atoms with E-state index in [1.54, 1.807) is 36.4 Å². The van der Waals surface area contributed by atoms with Crippen molar-refractivity contribution in [3.8, 4) is 66.8 Å². The summed E-state index contributed by atoms with van der Waals surface area (Å²) in [5.41, 5.74) is 1.17. The van der Waals surface area contributed by atoms with Crippen molar-refractivity contribution in [3.63, 3.8) is 0 Å². The molecule has 13 aromatic carbocycles. The zero-order chi connectivity index (χ0) is 77.4. The zero-order valence-electron chi connectivity index (χ0n) is 69.8. The first-order valence-corrected chi connectivity index (χ1v) is 26.9. The van der Waals surface area contributed by atoms with Crippen LogP contribution in [0.1, 0.15) is 92.0 Å². The second kappa shape index (κ2) is 20.2. The van der Waals surface area contributed by atoms with Crippen LogP contribution in [-0.4, -0.2) is 0 Å². The average molecular weight is 1080 g/mol. The summed E-state index contributed by atoms with van der Waals surface area (Å²) in [6, 6.07) is 25.0. The van der Waals surface area contributed by atoms with Gasteiger partial charge in [-0.25, -0.2) is 0 Å². The number of hydrogen-bond donors (Lipinski definition) is 0. The normalized spacial score (nSPS) is 17.5. The maximum atomic E-state index is 10.3. The molecule has 0 bridgehead atoms. The number of fused-ring (bicyclic) bond motifs is 6. The quantitative estimate of drug-likeness (QED) is 0.142. The van der Waals surface area contributed by atoms with E-state index in [4.69, 9.17) is 5.48 Å². The molecule has 0 saturated heterocycles. The molecular formula is C81H56N2. The highest BCUT2D eigenvalue weighted by Crippen LogP contribution is 2.65. The lowest BCUT2D eigenvalue weighted by Crippen LogP contribution is -2.31. The van der Waals surface area contributed by atoms with Crippen LogP contribution in [0, 0.1) is 0 Å². The number of rotatable bonds is 9. The third-order valence-electron chi connectivity index (χ3n) is 15.9. The first kappa shape index (κ1) is 28.7. The van der Waals surface area contributed by atoms with Crippen molar-refractivity contribution < 1.29 is 35.6 Å². The first-order chi connectivity index (χ1) is 52.0. The molecule has 0 N–H and O–H groups in total. The number of benzene rings is 13. The molecule has 0 atom stereocenters. The molecule has 0 amide bonds. The Morgan fingerprint density at radius 3 is 1.02 bits per heavy atom. The van der Waals surface area contributed by atoms with Crippen molar-refractivity contribution >= 4 is 34.1 Å². The van der Waals surface area contributed by atoms with E-state index < -0.39 is 225 Å². The molecular weight excluding hydrogens is 1000 g/mol. The predicted molar refractivity (Wildman–Crippen MR) is 346 cm³/mol. The lowest BCUT2D eigenvalue weighted by atomic mass is 9.71. The van der Waals surface area contributed by atoms with Gasteiger partial charge in [0.05, 0.1) is 69.8 Å². The molecule has 13 aromatic rings. The molecule has 2 heterocycles. The van der Waals surface area contributed by atoms with Gasteiger partial charge < -0.3 is 9.80 Å². The summed E-state index contributed by atoms with van der Waals surface area (Å²) in [7, 11) is 0. The molecule has 0 radical (unpaired) electrons. The van der Waals surface area contributed by atoms with Gasteiger partial charge in [-0.05, 0) is 126 Å². The van der Waals surface area contributed by atoms with E-state index in [0.717, 1.165) is 22.3 Å². The van der Waals surface area contributed by atoms with Crippen LogP contribution in [0.4, 0.5) is 34.1 Å². The van der Waals surface area contributed by atoms with E-state index in [0.29, 0.717) is 45.4 Å². The van der Waals surface area contributed by atoms with Crippen LogP contribution >= 0.6 is 0 Å². The molecule has 2 aliphatic heterocycles. The van der Waals surface area contributed by atoms with E-state index >= 15 is 0 Å². The molecule has 2 nitrogen and oxygen atoms in total. The Labute approximate surface area is 522 Å². The molecule has 2 heteroatoms. The molecule has 390 valence electrons. The van der Waals surface area contributed by atoms with Gasteiger partial charge in [0.25, 0.3) is 0 Å². The van der Waals surface area contributed by atoms with Crippen molar-refractivity contribution in [2.45, 2.75) is 18.3 Å². The van der Waals surface area contributed by atoms with Crippen LogP contribution in [-0.2, 0) is 6.42 Å². The van der Waals surface area contributed by atoms with E-state index in [9.17, 15) is 30.2 Å². The lowest BCUT2D eigenvalue weighted by molar-refractivity contribution is 0.870. The highest BCUT2D eigenvalue weighted by atomic mass is 15.2. The number of anilines is 6. The highest BCUT2D eigenvalue weighted by molar-refractivity contribution is 6.07. The van der Waals surface area contributed by atoms with Crippen molar-refractivity contribution in [3.05, 3.63) is 359 Å². The monoisotopic (exact) mass is 1080 g/mol. The van der Waals surface area contributed by atoms with Gasteiger partial charge in [0.2, 0.25) is 0 Å². The maximum Gasteiger partial charge on any atom is 0.0630 e. The first-order valence-electron chi connectivity index (χ1n) is 39.9. The van der Waals surface area contributed by atoms with Gasteiger partial charge in [-0.3, -0.25) is 0 Å². The summed E-state index contributed by atoms with van der Waals surface area (Å²) in [6.07, 6.45) is 0.441. The van der Waals surface area contributed by atoms with E-state index in [2.05, 4.69) is 0 Å². The molecule has 0 spiro atoms. The van der Waals surface area contributed by atoms with Gasteiger partial charge in [-0.2, -0.15) is 0 Å². The Morgan fingerprint density at radius 2 is 0.639 bits per heavy atom. The maximum absolute atomic E-state index is 10.3. The predicted octanol–water partition coefficient (Wildman–Crippen LogP) is 21.5. The smallest absolute Gasteiger partial charge is 0.0630 e. The third kappa shape index (κ3) is 8.17. The largest absolute Gasteiger partial charge is 0.309 e. The van der Waals surface area contributed by atoms with Gasteiger partial charge in [-0.1, -0.05) is 278 Å². The van der Waals surface area contributed by atoms with Gasteiger partial charge in [0.1, 0.15) is 0 Å². The zero-order valence-corrected chi connectivity index (χ0v) is 43.8. The molecule has 16 rings (SSSR count). The summed E-state index contributed by atoms with van der Waals surface area (Å²) < 4.78 is 249. The molecule has 0 aromatic heterocycles. The van der Waals surface area contributed by atoms with Crippen LogP contribution in [0.15, 0.2) is 315 Å².